The van der Waals surface area contributed by atoms with Gasteiger partial charge in [-0.1, -0.05) is 13.0 Å². The summed E-state index contributed by atoms with van der Waals surface area (Å²) in [5.41, 5.74) is 0. The molecule has 2 N–H and O–H groups in total. The van der Waals surface area contributed by atoms with Gasteiger partial charge >= 0.3 is 0 Å². The van der Waals surface area contributed by atoms with Crippen LogP contribution < -0.4 is 10.6 Å². The molecule has 0 aliphatic carbocycles. The number of piperidine rings is 1. The van der Waals surface area contributed by atoms with Gasteiger partial charge in [0.1, 0.15) is 6.54 Å². The van der Waals surface area contributed by atoms with Gasteiger partial charge in [-0.3, -0.25) is 9.69 Å². The number of aliphatic imine (C=N–C) groups is 1. The summed E-state index contributed by atoms with van der Waals surface area (Å²) in [4.78, 5) is 22.1. The normalized spacial score (nSPS) is 22.1. The van der Waals surface area contributed by atoms with E-state index in [2.05, 4.69) is 45.0 Å². The summed E-state index contributed by atoms with van der Waals surface area (Å²) in [7, 11) is 3.52. The number of hydrogen-bond donors (Lipinski definition) is 2. The molecule has 1 aromatic heterocycles. The van der Waals surface area contributed by atoms with Crippen LogP contribution in [0.15, 0.2) is 22.5 Å². The molecule has 168 valence electrons. The number of guanidine groups is 1. The lowest BCUT2D eigenvalue weighted by Gasteiger charge is -2.36. The van der Waals surface area contributed by atoms with Crippen molar-refractivity contribution in [1.29, 1.82) is 0 Å². The quantitative estimate of drug-likeness (QED) is 0.485. The highest BCUT2D eigenvalue weighted by molar-refractivity contribution is 7.10. The molecule has 3 rings (SSSR count). The first-order valence-corrected chi connectivity index (χ1v) is 12.0. The summed E-state index contributed by atoms with van der Waals surface area (Å²) < 4.78 is 5.73. The van der Waals surface area contributed by atoms with E-state index in [1.54, 1.807) is 19.0 Å². The maximum atomic E-state index is 12.0. The van der Waals surface area contributed by atoms with Crippen LogP contribution in [0.2, 0.25) is 0 Å². The Balaban J connectivity index is 1.63. The number of nitrogens with one attached hydrogen (secondary N) is 2. The Labute approximate surface area is 184 Å². The summed E-state index contributed by atoms with van der Waals surface area (Å²) in [5.74, 6) is 1.49. The number of ether oxygens (including phenoxy) is 1. The Morgan fingerprint density at radius 3 is 2.77 bits per heavy atom. The minimum absolute atomic E-state index is 0.00644. The van der Waals surface area contributed by atoms with Crippen LogP contribution in [0.3, 0.4) is 0 Å². The van der Waals surface area contributed by atoms with Gasteiger partial charge in [-0.05, 0) is 56.1 Å². The van der Waals surface area contributed by atoms with Crippen LogP contribution in [0.25, 0.3) is 0 Å². The Bertz CT molecular complexity index is 665. The van der Waals surface area contributed by atoms with Crippen LogP contribution in [0.1, 0.15) is 43.5 Å². The number of likely N-dealkylation sites (tertiary alicyclic amines) is 1. The fourth-order valence-corrected chi connectivity index (χ4v) is 4.76. The maximum absolute atomic E-state index is 12.0. The van der Waals surface area contributed by atoms with Gasteiger partial charge in [-0.2, -0.15) is 0 Å². The van der Waals surface area contributed by atoms with Gasteiger partial charge in [-0.25, -0.2) is 4.99 Å². The van der Waals surface area contributed by atoms with Crippen molar-refractivity contribution in [2.24, 2.45) is 10.9 Å². The third-order valence-electron chi connectivity index (χ3n) is 5.99. The molecule has 0 saturated carbocycles. The van der Waals surface area contributed by atoms with Gasteiger partial charge in [-0.15, -0.1) is 11.3 Å². The molecule has 1 amide bonds. The SMILES string of the molecule is CC1CCN(C(CNC(=NCC(=O)N(C)C)NCC2CCCO2)c2cccs2)CC1. The van der Waals surface area contributed by atoms with Crippen molar-refractivity contribution < 1.29 is 9.53 Å². The molecule has 2 unspecified atom stereocenters. The van der Waals surface area contributed by atoms with Crippen molar-refractivity contribution in [2.75, 3.05) is 53.4 Å². The third-order valence-corrected chi connectivity index (χ3v) is 6.96. The Morgan fingerprint density at radius 2 is 2.13 bits per heavy atom. The average Bonchev–Trinajstić information content (AvgIpc) is 3.44. The molecule has 0 spiro atoms. The smallest absolute Gasteiger partial charge is 0.243 e. The molecule has 30 heavy (non-hydrogen) atoms. The fraction of sp³-hybridized carbons (Fsp3) is 0.727. The maximum Gasteiger partial charge on any atom is 0.243 e. The Morgan fingerprint density at radius 1 is 1.33 bits per heavy atom. The van der Waals surface area contributed by atoms with Crippen LogP contribution in [0.4, 0.5) is 0 Å². The first kappa shape index (κ1) is 23.0. The molecule has 2 saturated heterocycles. The van der Waals surface area contributed by atoms with Crippen LogP contribution in [0.5, 0.6) is 0 Å². The van der Waals surface area contributed by atoms with Crippen molar-refractivity contribution in [3.05, 3.63) is 22.4 Å². The van der Waals surface area contributed by atoms with Gasteiger partial charge in [0.05, 0.1) is 12.1 Å². The molecule has 2 aliphatic rings. The first-order chi connectivity index (χ1) is 14.5. The zero-order valence-corrected chi connectivity index (χ0v) is 19.4. The highest BCUT2D eigenvalue weighted by Gasteiger charge is 2.26. The molecule has 2 aliphatic heterocycles. The molecule has 0 radical (unpaired) electrons. The van der Waals surface area contributed by atoms with E-state index in [1.807, 2.05) is 11.3 Å². The predicted octanol–water partition coefficient (Wildman–Crippen LogP) is 2.32. The third kappa shape index (κ3) is 6.96. The largest absolute Gasteiger partial charge is 0.376 e. The van der Waals surface area contributed by atoms with Crippen LogP contribution in [-0.2, 0) is 9.53 Å². The standard InChI is InChI=1S/C22H37N5O2S/c1-17-8-10-27(11-9-17)19(20-7-5-13-30-20)15-24-22(25-16-21(28)26(2)3)23-14-18-6-4-12-29-18/h5,7,13,17-19H,4,6,8-12,14-16H2,1-3H3,(H2,23,24,25). The molecule has 1 aromatic rings. The Hall–Kier alpha value is -1.64. The monoisotopic (exact) mass is 435 g/mol. The van der Waals surface area contributed by atoms with E-state index in [1.165, 1.54) is 17.7 Å². The molecular formula is C22H37N5O2S. The zero-order chi connectivity index (χ0) is 21.3. The van der Waals surface area contributed by atoms with E-state index in [0.717, 1.165) is 45.0 Å². The highest BCUT2D eigenvalue weighted by atomic mass is 32.1. The molecule has 2 fully saturated rings. The lowest BCUT2D eigenvalue weighted by molar-refractivity contribution is -0.127. The molecule has 8 heteroatoms. The second kappa shape index (κ2) is 11.7. The van der Waals surface area contributed by atoms with Crippen molar-refractivity contribution >= 4 is 23.2 Å². The second-order valence-corrected chi connectivity index (χ2v) is 9.58. The van der Waals surface area contributed by atoms with Crippen LogP contribution >= 0.6 is 11.3 Å². The fourth-order valence-electron chi connectivity index (χ4n) is 3.90. The predicted molar refractivity (Wildman–Crippen MR) is 123 cm³/mol. The molecule has 0 bridgehead atoms. The molecule has 7 nitrogen and oxygen atoms in total. The van der Waals surface area contributed by atoms with Crippen molar-refractivity contribution in [2.45, 2.75) is 44.8 Å². The number of likely N-dealkylation sites (N-methyl/N-ethyl adjacent to an activating group) is 1. The van der Waals surface area contributed by atoms with Crippen molar-refractivity contribution in [1.82, 2.24) is 20.4 Å². The summed E-state index contributed by atoms with van der Waals surface area (Å²) in [5, 5.41) is 9.06. The van der Waals surface area contributed by atoms with E-state index in [4.69, 9.17) is 4.74 Å². The van der Waals surface area contributed by atoms with Gasteiger partial charge in [0.25, 0.3) is 0 Å². The van der Waals surface area contributed by atoms with E-state index in [0.29, 0.717) is 18.5 Å². The minimum Gasteiger partial charge on any atom is -0.376 e. The van der Waals surface area contributed by atoms with Crippen LogP contribution in [-0.4, -0.2) is 81.2 Å². The number of rotatable bonds is 8. The van der Waals surface area contributed by atoms with Gasteiger partial charge < -0.3 is 20.3 Å². The Kier molecular flexibility index (Phi) is 8.96. The van der Waals surface area contributed by atoms with E-state index < -0.39 is 0 Å². The zero-order valence-electron chi connectivity index (χ0n) is 18.6. The lowest BCUT2D eigenvalue weighted by atomic mass is 9.97. The number of amides is 1. The van der Waals surface area contributed by atoms with E-state index >= 15 is 0 Å². The highest BCUT2D eigenvalue weighted by Crippen LogP contribution is 2.29. The summed E-state index contributed by atoms with van der Waals surface area (Å²) in [6.45, 7) is 7.05. The number of nitrogens with zero attached hydrogens (tertiary/aromatic N) is 3. The minimum atomic E-state index is -0.00644. The van der Waals surface area contributed by atoms with E-state index in [-0.39, 0.29) is 18.6 Å². The number of carbonyl (C=O) groups excluding carboxylic acids is 1. The lowest BCUT2D eigenvalue weighted by Crippen LogP contribution is -2.46. The number of hydrogen-bond acceptors (Lipinski definition) is 5. The number of thiophene rings is 1. The van der Waals surface area contributed by atoms with Gasteiger partial charge in [0.15, 0.2) is 5.96 Å². The van der Waals surface area contributed by atoms with Crippen molar-refractivity contribution in [3.63, 3.8) is 0 Å². The van der Waals surface area contributed by atoms with Gasteiger partial charge in [0.2, 0.25) is 5.91 Å². The number of carbonyl (C=O) groups is 1. The van der Waals surface area contributed by atoms with E-state index in [9.17, 15) is 4.79 Å². The summed E-state index contributed by atoms with van der Waals surface area (Å²) in [6, 6.07) is 4.66. The molecular weight excluding hydrogens is 398 g/mol. The molecule has 3 heterocycles. The first-order valence-electron chi connectivity index (χ1n) is 11.1. The molecule has 0 aromatic carbocycles. The topological polar surface area (TPSA) is 69.2 Å². The summed E-state index contributed by atoms with van der Waals surface area (Å²) in [6.07, 6.45) is 4.90. The van der Waals surface area contributed by atoms with Gasteiger partial charge in [0, 0.05) is 38.7 Å². The molecule has 2 atom stereocenters. The van der Waals surface area contributed by atoms with Crippen LogP contribution in [0, 0.1) is 5.92 Å². The second-order valence-electron chi connectivity index (χ2n) is 8.60. The van der Waals surface area contributed by atoms with Crippen molar-refractivity contribution in [3.8, 4) is 0 Å². The average molecular weight is 436 g/mol. The summed E-state index contributed by atoms with van der Waals surface area (Å²) >= 11 is 1.81.